The van der Waals surface area contributed by atoms with Gasteiger partial charge in [-0.1, -0.05) is 49.1 Å². The molecule has 84 valence electrons. The first-order valence-corrected chi connectivity index (χ1v) is 5.27. The molecule has 0 heterocycles. The van der Waals surface area contributed by atoms with E-state index in [0.29, 0.717) is 5.56 Å². The molecule has 2 rings (SSSR count). The van der Waals surface area contributed by atoms with E-state index in [1.165, 1.54) is 0 Å². The van der Waals surface area contributed by atoms with Crippen LogP contribution in [0.5, 0.6) is 0 Å². The van der Waals surface area contributed by atoms with Crippen LogP contribution in [0, 0.1) is 0 Å². The average Bonchev–Trinajstić information content (AvgIpc) is 2.39. The summed E-state index contributed by atoms with van der Waals surface area (Å²) in [6, 6.07) is 14.7. The molecule has 0 fully saturated rings. The van der Waals surface area contributed by atoms with Crippen LogP contribution in [0.15, 0.2) is 55.1 Å². The lowest BCUT2D eigenvalue weighted by Crippen LogP contribution is -1.99. The first-order valence-electron chi connectivity index (χ1n) is 5.27. The number of carbonyl (C=O) groups is 1. The fourth-order valence-electron chi connectivity index (χ4n) is 1.73. The zero-order valence-corrected chi connectivity index (χ0v) is 9.26. The quantitative estimate of drug-likeness (QED) is 0.863. The summed E-state index contributed by atoms with van der Waals surface area (Å²) in [6.45, 7) is 3.69. The van der Waals surface area contributed by atoms with Gasteiger partial charge in [0.05, 0.1) is 5.56 Å². The Labute approximate surface area is 99.8 Å². The van der Waals surface area contributed by atoms with E-state index >= 15 is 0 Å². The van der Waals surface area contributed by atoms with Crippen molar-refractivity contribution in [3.05, 3.63) is 66.2 Å². The van der Waals surface area contributed by atoms with Crippen molar-refractivity contribution >= 4 is 12.0 Å². The minimum atomic E-state index is -0.917. The number of rotatable bonds is 3. The van der Waals surface area contributed by atoms with Gasteiger partial charge in [0.1, 0.15) is 0 Å². The van der Waals surface area contributed by atoms with Crippen LogP contribution in [0.2, 0.25) is 0 Å². The van der Waals surface area contributed by atoms with Crippen LogP contribution in [0.1, 0.15) is 15.9 Å². The Morgan fingerprint density at radius 1 is 1.12 bits per heavy atom. The van der Waals surface area contributed by atoms with Gasteiger partial charge < -0.3 is 5.11 Å². The minimum Gasteiger partial charge on any atom is -0.478 e. The molecule has 0 saturated carbocycles. The maximum Gasteiger partial charge on any atom is 0.336 e. The number of hydrogen-bond acceptors (Lipinski definition) is 1. The fraction of sp³-hybridized carbons (Fsp3) is 0. The van der Waals surface area contributed by atoms with Gasteiger partial charge in [0.25, 0.3) is 0 Å². The Bertz CT molecular complexity index is 556. The van der Waals surface area contributed by atoms with Crippen LogP contribution in [0.3, 0.4) is 0 Å². The van der Waals surface area contributed by atoms with Gasteiger partial charge in [0.15, 0.2) is 0 Å². The molecule has 0 aromatic heterocycles. The normalized spacial score (nSPS) is 9.88. The SMILES string of the molecule is C=Cc1ccc(C(=O)O)c(-c2ccccc2)c1. The van der Waals surface area contributed by atoms with Crippen LogP contribution in [0.4, 0.5) is 0 Å². The summed E-state index contributed by atoms with van der Waals surface area (Å²) in [5.74, 6) is -0.917. The van der Waals surface area contributed by atoms with Crippen LogP contribution in [-0.2, 0) is 0 Å². The molecule has 0 aliphatic carbocycles. The number of benzene rings is 2. The van der Waals surface area contributed by atoms with Crippen molar-refractivity contribution in [3.8, 4) is 11.1 Å². The van der Waals surface area contributed by atoms with Crippen molar-refractivity contribution in [3.63, 3.8) is 0 Å². The maximum atomic E-state index is 11.2. The molecular formula is C15H12O2. The molecule has 0 aliphatic heterocycles. The second kappa shape index (κ2) is 4.66. The van der Waals surface area contributed by atoms with Gasteiger partial charge in [-0.15, -0.1) is 0 Å². The number of carboxylic acid groups (broad SMARTS) is 1. The molecule has 0 unspecified atom stereocenters. The summed E-state index contributed by atoms with van der Waals surface area (Å²) < 4.78 is 0. The van der Waals surface area contributed by atoms with E-state index in [1.807, 2.05) is 36.4 Å². The Balaban J connectivity index is 2.65. The minimum absolute atomic E-state index is 0.307. The van der Waals surface area contributed by atoms with Crippen molar-refractivity contribution in [2.24, 2.45) is 0 Å². The van der Waals surface area contributed by atoms with Crippen LogP contribution < -0.4 is 0 Å². The predicted octanol–water partition coefficient (Wildman–Crippen LogP) is 3.69. The topological polar surface area (TPSA) is 37.3 Å². The van der Waals surface area contributed by atoms with Gasteiger partial charge in [-0.3, -0.25) is 0 Å². The zero-order chi connectivity index (χ0) is 12.3. The molecule has 0 spiro atoms. The molecule has 0 aliphatic rings. The van der Waals surface area contributed by atoms with Gasteiger partial charge >= 0.3 is 5.97 Å². The van der Waals surface area contributed by atoms with Gasteiger partial charge in [0, 0.05) is 0 Å². The van der Waals surface area contributed by atoms with Crippen molar-refractivity contribution in [1.29, 1.82) is 0 Å². The van der Waals surface area contributed by atoms with Crippen LogP contribution >= 0.6 is 0 Å². The van der Waals surface area contributed by atoms with Crippen LogP contribution in [0.25, 0.3) is 17.2 Å². The number of hydrogen-bond donors (Lipinski definition) is 1. The molecular weight excluding hydrogens is 212 g/mol. The van der Waals surface area contributed by atoms with Gasteiger partial charge in [0.2, 0.25) is 0 Å². The Kier molecular flexibility index (Phi) is 3.06. The highest BCUT2D eigenvalue weighted by Gasteiger charge is 2.11. The molecule has 2 nitrogen and oxygen atoms in total. The fourth-order valence-corrected chi connectivity index (χ4v) is 1.73. The molecule has 17 heavy (non-hydrogen) atoms. The van der Waals surface area contributed by atoms with E-state index in [0.717, 1.165) is 16.7 Å². The highest BCUT2D eigenvalue weighted by Crippen LogP contribution is 2.25. The summed E-state index contributed by atoms with van der Waals surface area (Å²) in [5, 5.41) is 9.16. The molecule has 2 aromatic rings. The molecule has 2 aromatic carbocycles. The van der Waals surface area contributed by atoms with Crippen molar-refractivity contribution in [2.75, 3.05) is 0 Å². The summed E-state index contributed by atoms with van der Waals surface area (Å²) in [7, 11) is 0. The molecule has 1 N–H and O–H groups in total. The van der Waals surface area contributed by atoms with Gasteiger partial charge in [-0.05, 0) is 28.8 Å². The lowest BCUT2D eigenvalue weighted by molar-refractivity contribution is 0.0698. The van der Waals surface area contributed by atoms with E-state index in [2.05, 4.69) is 6.58 Å². The molecule has 0 amide bonds. The zero-order valence-electron chi connectivity index (χ0n) is 9.26. The first-order chi connectivity index (χ1) is 8.22. The third-order valence-electron chi connectivity index (χ3n) is 2.59. The Morgan fingerprint density at radius 2 is 1.82 bits per heavy atom. The van der Waals surface area contributed by atoms with Crippen molar-refractivity contribution in [1.82, 2.24) is 0 Å². The molecule has 2 heteroatoms. The predicted molar refractivity (Wildman–Crippen MR) is 68.9 cm³/mol. The molecule has 0 atom stereocenters. The van der Waals surface area contributed by atoms with Gasteiger partial charge in [-0.2, -0.15) is 0 Å². The smallest absolute Gasteiger partial charge is 0.336 e. The van der Waals surface area contributed by atoms with E-state index in [-0.39, 0.29) is 0 Å². The monoisotopic (exact) mass is 224 g/mol. The average molecular weight is 224 g/mol. The lowest BCUT2D eigenvalue weighted by atomic mass is 9.97. The van der Waals surface area contributed by atoms with E-state index < -0.39 is 5.97 Å². The van der Waals surface area contributed by atoms with Gasteiger partial charge in [-0.25, -0.2) is 4.79 Å². The van der Waals surface area contributed by atoms with E-state index in [1.54, 1.807) is 18.2 Å². The summed E-state index contributed by atoms with van der Waals surface area (Å²) >= 11 is 0. The number of aromatic carboxylic acids is 1. The summed E-state index contributed by atoms with van der Waals surface area (Å²) in [4.78, 5) is 11.2. The van der Waals surface area contributed by atoms with Crippen molar-refractivity contribution in [2.45, 2.75) is 0 Å². The van der Waals surface area contributed by atoms with Crippen molar-refractivity contribution < 1.29 is 9.90 Å². The van der Waals surface area contributed by atoms with E-state index in [9.17, 15) is 4.79 Å². The standard InChI is InChI=1S/C15H12O2/c1-2-11-8-9-13(15(16)17)14(10-11)12-6-4-3-5-7-12/h2-10H,1H2,(H,16,17). The third-order valence-corrected chi connectivity index (χ3v) is 2.59. The summed E-state index contributed by atoms with van der Waals surface area (Å²) in [6.07, 6.45) is 1.71. The highest BCUT2D eigenvalue weighted by molar-refractivity contribution is 5.96. The number of carboxylic acids is 1. The Hall–Kier alpha value is -2.35. The maximum absolute atomic E-state index is 11.2. The lowest BCUT2D eigenvalue weighted by Gasteiger charge is -2.07. The van der Waals surface area contributed by atoms with E-state index in [4.69, 9.17) is 5.11 Å². The highest BCUT2D eigenvalue weighted by atomic mass is 16.4. The summed E-state index contributed by atoms with van der Waals surface area (Å²) in [5.41, 5.74) is 2.83. The third kappa shape index (κ3) is 2.26. The molecule has 0 saturated heterocycles. The molecule has 0 bridgehead atoms. The first kappa shape index (κ1) is 11.1. The molecule has 0 radical (unpaired) electrons. The second-order valence-electron chi connectivity index (χ2n) is 3.68. The second-order valence-corrected chi connectivity index (χ2v) is 3.68. The largest absolute Gasteiger partial charge is 0.478 e. The Morgan fingerprint density at radius 3 is 2.41 bits per heavy atom. The van der Waals surface area contributed by atoms with Crippen LogP contribution in [-0.4, -0.2) is 11.1 Å².